The van der Waals surface area contributed by atoms with E-state index in [0.717, 1.165) is 0 Å². The first kappa shape index (κ1) is 17.2. The van der Waals surface area contributed by atoms with E-state index in [-0.39, 0.29) is 18.0 Å². The molecule has 2 aromatic rings. The van der Waals surface area contributed by atoms with Crippen LogP contribution in [-0.2, 0) is 14.3 Å². The molecule has 1 amide bonds. The van der Waals surface area contributed by atoms with Gasteiger partial charge in [-0.1, -0.05) is 30.3 Å². The Hall–Kier alpha value is -3.15. The van der Waals surface area contributed by atoms with Gasteiger partial charge in [0.25, 0.3) is 5.91 Å². The Bertz CT molecular complexity index is 725. The largest absolute Gasteiger partial charge is 0.484 e. The van der Waals surface area contributed by atoms with Gasteiger partial charge in [-0.3, -0.25) is 9.59 Å². The fraction of sp³-hybridized carbons (Fsp3) is 0.167. The summed E-state index contributed by atoms with van der Waals surface area (Å²) in [7, 11) is 0. The van der Waals surface area contributed by atoms with Gasteiger partial charge in [-0.2, -0.15) is 0 Å². The fourth-order valence-corrected chi connectivity index (χ4v) is 2.03. The number of ether oxygens (including phenoxy) is 2. The number of nitrogens with two attached hydrogens (primary N) is 1. The Balaban J connectivity index is 2.07. The van der Waals surface area contributed by atoms with E-state index in [4.69, 9.17) is 15.2 Å². The Morgan fingerprint density at radius 2 is 1.62 bits per heavy atom. The van der Waals surface area contributed by atoms with Crippen LogP contribution in [0.3, 0.4) is 0 Å². The maximum absolute atomic E-state index is 12.2. The fourth-order valence-electron chi connectivity index (χ4n) is 2.03. The molecule has 0 aromatic heterocycles. The molecule has 24 heavy (non-hydrogen) atoms. The monoisotopic (exact) mass is 327 g/mol. The van der Waals surface area contributed by atoms with E-state index < -0.39 is 18.0 Å². The van der Waals surface area contributed by atoms with Gasteiger partial charge >= 0.3 is 5.97 Å². The first-order chi connectivity index (χ1) is 11.5. The van der Waals surface area contributed by atoms with Crippen molar-refractivity contribution in [1.29, 1.82) is 0 Å². The summed E-state index contributed by atoms with van der Waals surface area (Å²) in [6, 6.07) is 14.8. The lowest BCUT2D eigenvalue weighted by Crippen LogP contribution is -2.20. The lowest BCUT2D eigenvalue weighted by Gasteiger charge is -2.15. The molecule has 6 nitrogen and oxygen atoms in total. The van der Waals surface area contributed by atoms with Crippen molar-refractivity contribution < 1.29 is 23.9 Å². The number of primary amides is 1. The molecule has 2 rings (SSSR count). The van der Waals surface area contributed by atoms with E-state index in [9.17, 15) is 14.4 Å². The summed E-state index contributed by atoms with van der Waals surface area (Å²) >= 11 is 0. The second-order valence-corrected chi connectivity index (χ2v) is 5.09. The van der Waals surface area contributed by atoms with Crippen molar-refractivity contribution in [3.8, 4) is 5.75 Å². The molecule has 0 saturated carbocycles. The summed E-state index contributed by atoms with van der Waals surface area (Å²) in [5.74, 6) is -1.08. The Labute approximate surface area is 139 Å². The highest BCUT2D eigenvalue weighted by Gasteiger charge is 2.22. The number of carbonyl (C=O) groups is 3. The van der Waals surface area contributed by atoms with Gasteiger partial charge in [0, 0.05) is 0 Å². The molecule has 0 aliphatic heterocycles. The number of esters is 1. The third kappa shape index (κ3) is 4.67. The first-order valence-electron chi connectivity index (χ1n) is 7.25. The number of carbonyl (C=O) groups excluding carboxylic acids is 3. The minimum absolute atomic E-state index is 0.246. The number of ketones is 1. The van der Waals surface area contributed by atoms with E-state index in [0.29, 0.717) is 11.3 Å². The third-order valence-corrected chi connectivity index (χ3v) is 3.17. The van der Waals surface area contributed by atoms with Crippen LogP contribution in [0.1, 0.15) is 28.9 Å². The van der Waals surface area contributed by atoms with Gasteiger partial charge in [-0.25, -0.2) is 4.79 Å². The normalized spacial score (nSPS) is 11.4. The topological polar surface area (TPSA) is 95.7 Å². The molecule has 2 aromatic carbocycles. The smallest absolute Gasteiger partial charge is 0.339 e. The molecule has 0 saturated heterocycles. The van der Waals surface area contributed by atoms with Gasteiger partial charge in [0.1, 0.15) is 5.75 Å². The number of hydrogen-bond donors (Lipinski definition) is 1. The summed E-state index contributed by atoms with van der Waals surface area (Å²) in [4.78, 5) is 34.7. The maximum Gasteiger partial charge on any atom is 0.339 e. The van der Waals surface area contributed by atoms with E-state index in [1.807, 2.05) is 6.07 Å². The van der Waals surface area contributed by atoms with Crippen LogP contribution < -0.4 is 10.5 Å². The quantitative estimate of drug-likeness (QED) is 0.785. The van der Waals surface area contributed by atoms with E-state index in [2.05, 4.69) is 0 Å². The highest BCUT2D eigenvalue weighted by atomic mass is 16.5. The zero-order valence-electron chi connectivity index (χ0n) is 13.1. The van der Waals surface area contributed by atoms with Gasteiger partial charge < -0.3 is 15.2 Å². The molecule has 0 aliphatic carbocycles. The zero-order valence-corrected chi connectivity index (χ0v) is 13.1. The van der Waals surface area contributed by atoms with Crippen molar-refractivity contribution in [1.82, 2.24) is 0 Å². The van der Waals surface area contributed by atoms with Crippen LogP contribution in [0.4, 0.5) is 0 Å². The van der Waals surface area contributed by atoms with E-state index >= 15 is 0 Å². The Morgan fingerprint density at radius 3 is 2.17 bits per heavy atom. The van der Waals surface area contributed by atoms with Gasteiger partial charge in [0.2, 0.25) is 0 Å². The highest BCUT2D eigenvalue weighted by molar-refractivity contribution is 5.92. The maximum atomic E-state index is 12.2. The van der Waals surface area contributed by atoms with Crippen LogP contribution in [0.5, 0.6) is 5.75 Å². The second-order valence-electron chi connectivity index (χ2n) is 5.09. The van der Waals surface area contributed by atoms with Gasteiger partial charge in [0.15, 0.2) is 18.5 Å². The van der Waals surface area contributed by atoms with Gasteiger partial charge in [-0.15, -0.1) is 0 Å². The highest BCUT2D eigenvalue weighted by Crippen LogP contribution is 2.21. The molecule has 2 N–H and O–H groups in total. The van der Waals surface area contributed by atoms with Crippen LogP contribution in [0.2, 0.25) is 0 Å². The minimum Gasteiger partial charge on any atom is -0.484 e. The molecule has 0 bridgehead atoms. The van der Waals surface area contributed by atoms with Crippen molar-refractivity contribution in [2.24, 2.45) is 5.73 Å². The Kier molecular flexibility index (Phi) is 5.68. The molecule has 0 radical (unpaired) electrons. The van der Waals surface area contributed by atoms with Crippen LogP contribution in [0, 0.1) is 0 Å². The SMILES string of the molecule is CC(=O)C(OC(=O)c1ccc(OCC(N)=O)cc1)c1ccccc1. The first-order valence-corrected chi connectivity index (χ1v) is 7.25. The summed E-state index contributed by atoms with van der Waals surface area (Å²) < 4.78 is 10.4. The summed E-state index contributed by atoms with van der Waals surface area (Å²) in [6.45, 7) is 1.12. The molecule has 0 heterocycles. The third-order valence-electron chi connectivity index (χ3n) is 3.17. The molecular formula is C18H17NO5. The predicted molar refractivity (Wildman–Crippen MR) is 86.4 cm³/mol. The van der Waals surface area contributed by atoms with Crippen LogP contribution in [0.25, 0.3) is 0 Å². The standard InChI is InChI=1S/C18H17NO5/c1-12(20)17(13-5-3-2-4-6-13)24-18(22)14-7-9-15(10-8-14)23-11-16(19)21/h2-10,17H,11H2,1H3,(H2,19,21). The van der Waals surface area contributed by atoms with E-state index in [1.54, 1.807) is 24.3 Å². The number of rotatable bonds is 7. The summed E-state index contributed by atoms with van der Waals surface area (Å²) in [6.07, 6.45) is -0.954. The predicted octanol–water partition coefficient (Wildman–Crippen LogP) is 2.04. The summed E-state index contributed by atoms with van der Waals surface area (Å²) in [5, 5.41) is 0. The Morgan fingerprint density at radius 1 is 1.00 bits per heavy atom. The number of Topliss-reactive ketones (excluding diaryl/α,β-unsaturated/α-hetero) is 1. The van der Waals surface area contributed by atoms with E-state index in [1.165, 1.54) is 31.2 Å². The average molecular weight is 327 g/mol. The van der Waals surface area contributed by atoms with Crippen molar-refractivity contribution >= 4 is 17.7 Å². The van der Waals surface area contributed by atoms with Crippen LogP contribution in [-0.4, -0.2) is 24.3 Å². The number of amides is 1. The van der Waals surface area contributed by atoms with Crippen LogP contribution >= 0.6 is 0 Å². The molecule has 124 valence electrons. The zero-order chi connectivity index (χ0) is 17.5. The van der Waals surface area contributed by atoms with Crippen molar-refractivity contribution in [3.05, 3.63) is 65.7 Å². The van der Waals surface area contributed by atoms with Gasteiger partial charge in [0.05, 0.1) is 5.56 Å². The molecule has 0 fully saturated rings. The molecule has 1 atom stereocenters. The molecular weight excluding hydrogens is 310 g/mol. The molecule has 0 aliphatic rings. The van der Waals surface area contributed by atoms with Gasteiger partial charge in [-0.05, 0) is 36.8 Å². The molecule has 1 unspecified atom stereocenters. The lowest BCUT2D eigenvalue weighted by molar-refractivity contribution is -0.125. The molecule has 6 heteroatoms. The number of hydrogen-bond acceptors (Lipinski definition) is 5. The second kappa shape index (κ2) is 7.92. The molecule has 0 spiro atoms. The van der Waals surface area contributed by atoms with Crippen molar-refractivity contribution in [2.75, 3.05) is 6.61 Å². The van der Waals surface area contributed by atoms with Crippen molar-refractivity contribution in [3.63, 3.8) is 0 Å². The average Bonchev–Trinajstić information content (AvgIpc) is 2.58. The van der Waals surface area contributed by atoms with Crippen molar-refractivity contribution in [2.45, 2.75) is 13.0 Å². The lowest BCUT2D eigenvalue weighted by atomic mass is 10.1. The number of benzene rings is 2. The minimum atomic E-state index is -0.954. The summed E-state index contributed by atoms with van der Waals surface area (Å²) in [5.41, 5.74) is 5.86. The van der Waals surface area contributed by atoms with Crippen LogP contribution in [0.15, 0.2) is 54.6 Å².